The molecule has 4 aromatic heterocycles. The number of nitrogen functional groups attached to an aromatic ring is 1. The number of nitrogens with zero attached hydrogens (tertiary/aromatic N) is 6. The van der Waals surface area contributed by atoms with Gasteiger partial charge in [-0.05, 0) is 20.8 Å². The lowest BCUT2D eigenvalue weighted by atomic mass is 10.1. The molecule has 2 aliphatic rings. The Morgan fingerprint density at radius 2 is 1.76 bits per heavy atom. The number of nitrogens with two attached hydrogens (primary N) is 1. The van der Waals surface area contributed by atoms with Crippen LogP contribution in [0.1, 0.15) is 32.1 Å². The van der Waals surface area contributed by atoms with Gasteiger partial charge in [0.05, 0.1) is 26.1 Å². The summed E-state index contributed by atoms with van der Waals surface area (Å²) in [7, 11) is -9.14. The van der Waals surface area contributed by atoms with E-state index >= 15 is 0 Å². The molecule has 30 heteroatoms. The van der Waals surface area contributed by atoms with Crippen LogP contribution in [0.5, 0.6) is 0 Å². The molecule has 0 saturated carbocycles. The second-order valence-electron chi connectivity index (χ2n) is 12.4. The molecule has 6 rings (SSSR count). The van der Waals surface area contributed by atoms with Crippen LogP contribution in [0.2, 0.25) is 0 Å². The van der Waals surface area contributed by atoms with Gasteiger partial charge in [0.1, 0.15) is 43.1 Å². The highest BCUT2D eigenvalue weighted by Gasteiger charge is 2.51. The highest BCUT2D eigenvalue weighted by molar-refractivity contribution is 8.09. The third-order valence-electron chi connectivity index (χ3n) is 8.10. The zero-order chi connectivity index (χ0) is 40.4. The number of aromatic nitrogens is 8. The summed E-state index contributed by atoms with van der Waals surface area (Å²) in [6, 6.07) is 0. The quantitative estimate of drug-likeness (QED) is 0.0605. The lowest BCUT2D eigenvalue weighted by Crippen LogP contribution is -2.47. The zero-order valence-electron chi connectivity index (χ0n) is 29.1. The number of imidazole rings is 2. The minimum atomic E-state index is -5.96. The molecule has 2 aliphatic heterocycles. The van der Waals surface area contributed by atoms with E-state index in [1.165, 1.54) is 40.3 Å². The Hall–Kier alpha value is -2.91. The van der Waals surface area contributed by atoms with E-state index in [-0.39, 0.29) is 34.1 Å². The molecule has 0 amide bonds. The second kappa shape index (κ2) is 15.4. The Balaban J connectivity index is 1.12. The van der Waals surface area contributed by atoms with Crippen molar-refractivity contribution in [1.29, 1.82) is 0 Å². The van der Waals surface area contributed by atoms with E-state index in [4.69, 9.17) is 33.7 Å². The molecule has 0 aromatic carbocycles. The average Bonchev–Trinajstić information content (AvgIpc) is 3.77. The van der Waals surface area contributed by atoms with Crippen LogP contribution in [0.15, 0.2) is 22.2 Å². The van der Waals surface area contributed by atoms with Crippen molar-refractivity contribution in [2.45, 2.75) is 76.1 Å². The number of hydrogen-bond acceptors (Lipinski definition) is 22. The van der Waals surface area contributed by atoms with Gasteiger partial charge in [-0.15, -0.1) is 0 Å². The van der Waals surface area contributed by atoms with Crippen molar-refractivity contribution in [2.75, 3.05) is 19.5 Å². The summed E-state index contributed by atoms with van der Waals surface area (Å²) < 4.78 is 69.9. The van der Waals surface area contributed by atoms with Crippen LogP contribution in [0.25, 0.3) is 22.3 Å². The summed E-state index contributed by atoms with van der Waals surface area (Å²) in [5.74, 6) is -0.0424. The van der Waals surface area contributed by atoms with Crippen LogP contribution < -0.4 is 36.1 Å². The predicted molar refractivity (Wildman–Crippen MR) is 178 cm³/mol. The van der Waals surface area contributed by atoms with E-state index in [9.17, 15) is 43.6 Å². The normalized spacial score (nSPS) is 29.2. The van der Waals surface area contributed by atoms with Crippen molar-refractivity contribution < 1.29 is 75.2 Å². The van der Waals surface area contributed by atoms with Crippen LogP contribution in [-0.4, -0.2) is 101 Å². The number of nitrogens with one attached hydrogen (secondary N) is 2. The molecule has 55 heavy (non-hydrogen) atoms. The van der Waals surface area contributed by atoms with Gasteiger partial charge in [-0.3, -0.25) is 46.0 Å². The summed E-state index contributed by atoms with van der Waals surface area (Å²) in [4.78, 5) is 80.4. The van der Waals surface area contributed by atoms with Crippen LogP contribution in [0, 0.1) is 6.92 Å². The number of ether oxygens (including phenoxy) is 4. The van der Waals surface area contributed by atoms with Crippen LogP contribution in [0.3, 0.4) is 0 Å². The van der Waals surface area contributed by atoms with E-state index in [0.29, 0.717) is 0 Å². The fraction of sp³-hybridized carbons (Fsp3) is 0.600. The Kier molecular flexibility index (Phi) is 11.7. The lowest BCUT2D eigenvalue weighted by molar-refractivity contribution is -0.747. The third-order valence-corrected chi connectivity index (χ3v) is 13.4. The smallest absolute Gasteiger partial charge is 0.313 e. The van der Waals surface area contributed by atoms with Gasteiger partial charge < -0.3 is 59.1 Å². The maximum atomic E-state index is 12.9. The Bertz CT molecular complexity index is 2350. The number of aryl methyl sites for hydroxylation is 2. The minimum Gasteiger partial charge on any atom is -0.779 e. The van der Waals surface area contributed by atoms with E-state index in [2.05, 4.69) is 45.3 Å². The number of anilines is 1. The molecular formula is C25H34N9O17P3S-2. The number of phosphoric ester groups is 2. The zero-order valence-corrected chi connectivity index (χ0v) is 32.6. The van der Waals surface area contributed by atoms with E-state index in [1.54, 1.807) is 13.8 Å². The van der Waals surface area contributed by atoms with E-state index in [1.807, 2.05) is 0 Å². The SMILES string of the molecule is CO[C@H]1C(O)[C@@H](OP(=O)([O-])OP([O-])(=S)OP(=O)([O-])OC[C@H]2O[C@@H](n3cnc4c(=O)[nH]c(C)nc43)C(O)[C@H]2OC(C)C)O[C@H]1[n+]1cn(C)c2c(=O)[nH]c(N)nc21. The summed E-state index contributed by atoms with van der Waals surface area (Å²) in [5, 5.41) is 21.9. The lowest BCUT2D eigenvalue weighted by Gasteiger charge is -2.38. The summed E-state index contributed by atoms with van der Waals surface area (Å²) in [5.41, 5.74) is 4.42. The standard InChI is InChI=1S/C25H36N9O17P3S/c1-9(2)46-16-11(47-22(14(16)35)33-7-27-12-18(33)28-10(3)29-20(12)37)6-45-52(39,40)50-54(43,55)51-53(41,42)49-24-15(36)17(44-5)23(48-24)34-8-32(4)13-19(34)30-25(26)31-21(13)38/h7-9,11,14-17,22-24,35-36H,6H2,1-5H3,(H6-,26,28,29,30,31,37,38,39,40,41,42,43,55)/p-2/t11-,14?,15?,16+,17+,22-,23-,24-,54?/m1/s1. The fourth-order valence-corrected chi connectivity index (χ4v) is 10.9. The largest absolute Gasteiger partial charge is 0.779 e. The number of fused-ring (bicyclic) bond motifs is 2. The molecular weight excluding hydrogens is 823 g/mol. The van der Waals surface area contributed by atoms with Crippen molar-refractivity contribution in [3.05, 3.63) is 39.2 Å². The van der Waals surface area contributed by atoms with Crippen LogP contribution in [-0.2, 0) is 64.6 Å². The molecule has 11 atom stereocenters. The molecule has 2 fully saturated rings. The van der Waals surface area contributed by atoms with Crippen molar-refractivity contribution in [3.8, 4) is 0 Å². The maximum Gasteiger partial charge on any atom is 0.313 e. The third kappa shape index (κ3) is 8.68. The second-order valence-corrected chi connectivity index (χ2v) is 18.2. The molecule has 0 radical (unpaired) electrons. The highest BCUT2D eigenvalue weighted by Crippen LogP contribution is 2.64. The van der Waals surface area contributed by atoms with Gasteiger partial charge in [0, 0.05) is 7.11 Å². The first-order valence-corrected chi connectivity index (χ1v) is 21.3. The monoisotopic (exact) mass is 857 g/mol. The first-order chi connectivity index (χ1) is 25.6. The fourth-order valence-electron chi connectivity index (χ4n) is 6.02. The van der Waals surface area contributed by atoms with Crippen LogP contribution in [0.4, 0.5) is 5.95 Å². The topological polar surface area (TPSA) is 362 Å². The van der Waals surface area contributed by atoms with Gasteiger partial charge >= 0.3 is 5.65 Å². The van der Waals surface area contributed by atoms with E-state index in [0.717, 1.165) is 7.11 Å². The Labute approximate surface area is 313 Å². The van der Waals surface area contributed by atoms with Crippen molar-refractivity contribution in [2.24, 2.45) is 7.05 Å². The predicted octanol–water partition coefficient (Wildman–Crippen LogP) is -3.56. The molecule has 26 nitrogen and oxygen atoms in total. The van der Waals surface area contributed by atoms with Crippen molar-refractivity contribution in [1.82, 2.24) is 34.1 Å². The molecule has 0 bridgehead atoms. The van der Waals surface area contributed by atoms with E-state index < -0.39 is 95.5 Å². The van der Waals surface area contributed by atoms with Crippen molar-refractivity contribution >= 4 is 62.4 Å². The molecule has 0 spiro atoms. The highest BCUT2D eigenvalue weighted by atomic mass is 32.5. The number of methoxy groups -OCH3 is 1. The average molecular weight is 858 g/mol. The first-order valence-electron chi connectivity index (χ1n) is 15.8. The molecule has 5 unspecified atom stereocenters. The van der Waals surface area contributed by atoms with Crippen LogP contribution >= 0.6 is 22.4 Å². The summed E-state index contributed by atoms with van der Waals surface area (Å²) in [6.07, 6.45) is -10.3. The molecule has 6 N–H and O–H groups in total. The van der Waals surface area contributed by atoms with Gasteiger partial charge in [0.15, 0.2) is 30.0 Å². The number of aromatic amines is 2. The minimum absolute atomic E-state index is 0.0215. The summed E-state index contributed by atoms with van der Waals surface area (Å²) >= 11 is 4.50. The van der Waals surface area contributed by atoms with Gasteiger partial charge in [0.25, 0.3) is 32.7 Å². The molecule has 2 saturated heterocycles. The number of H-pyrrole nitrogens is 2. The number of phosphoric acid groups is 2. The van der Waals surface area contributed by atoms with Gasteiger partial charge in [-0.1, -0.05) is 16.8 Å². The number of rotatable bonds is 14. The number of aliphatic hydroxyl groups excluding tert-OH is 2. The number of aliphatic hydroxyl groups is 2. The first kappa shape index (κ1) is 41.7. The molecule has 304 valence electrons. The van der Waals surface area contributed by atoms with Gasteiger partial charge in [0.2, 0.25) is 11.7 Å². The number of hydrogen-bond donors (Lipinski definition) is 5. The molecule has 4 aromatic rings. The van der Waals surface area contributed by atoms with Crippen molar-refractivity contribution in [3.63, 3.8) is 0 Å². The Morgan fingerprint density at radius 3 is 2.44 bits per heavy atom. The summed E-state index contributed by atoms with van der Waals surface area (Å²) in [6.45, 7) is -1.78. The molecule has 0 aliphatic carbocycles. The Morgan fingerprint density at radius 1 is 1.07 bits per heavy atom. The maximum absolute atomic E-state index is 12.9. The van der Waals surface area contributed by atoms with Gasteiger partial charge in [-0.25, -0.2) is 14.5 Å². The molecule has 6 heterocycles. The van der Waals surface area contributed by atoms with Gasteiger partial charge in [-0.2, -0.15) is 0 Å².